The minimum atomic E-state index is -0.396. The lowest BCUT2D eigenvalue weighted by Gasteiger charge is -2.03. The largest absolute Gasteiger partial charge is 0.294 e. The second-order valence-corrected chi connectivity index (χ2v) is 5.80. The van der Waals surface area contributed by atoms with Crippen molar-refractivity contribution >= 4 is 38.8 Å². The second kappa shape index (κ2) is 5.35. The number of halogens is 2. The van der Waals surface area contributed by atoms with Crippen molar-refractivity contribution in [2.45, 2.75) is 6.42 Å². The molecule has 0 unspecified atom stereocenters. The van der Waals surface area contributed by atoms with Gasteiger partial charge in [-0.3, -0.25) is 4.79 Å². The molecule has 3 aromatic rings. The molecule has 20 heavy (non-hydrogen) atoms. The molecule has 1 nitrogen and oxygen atoms in total. The van der Waals surface area contributed by atoms with Crippen LogP contribution in [0.15, 0.2) is 47.8 Å². The molecule has 0 amide bonds. The number of benzene rings is 2. The van der Waals surface area contributed by atoms with Gasteiger partial charge in [-0.15, -0.1) is 11.3 Å². The van der Waals surface area contributed by atoms with E-state index in [1.807, 2.05) is 29.6 Å². The first kappa shape index (κ1) is 13.3. The number of ketones is 1. The zero-order valence-electron chi connectivity index (χ0n) is 10.4. The van der Waals surface area contributed by atoms with Gasteiger partial charge in [-0.05, 0) is 23.8 Å². The van der Waals surface area contributed by atoms with Crippen molar-refractivity contribution in [2.24, 2.45) is 0 Å². The second-order valence-electron chi connectivity index (χ2n) is 4.48. The molecule has 4 heteroatoms. The van der Waals surface area contributed by atoms with Crippen LogP contribution in [0.1, 0.15) is 15.9 Å². The van der Waals surface area contributed by atoms with Crippen molar-refractivity contribution in [3.8, 4) is 0 Å². The summed E-state index contributed by atoms with van der Waals surface area (Å²) < 4.78 is 14.1. The Morgan fingerprint density at radius 3 is 2.80 bits per heavy atom. The zero-order valence-corrected chi connectivity index (χ0v) is 12.0. The number of hydrogen-bond acceptors (Lipinski definition) is 2. The lowest BCUT2D eigenvalue weighted by Crippen LogP contribution is -2.03. The number of Topliss-reactive ketones (excluding diaryl/α,β-unsaturated/α-hetero) is 1. The molecule has 0 aliphatic heterocycles. The van der Waals surface area contributed by atoms with Gasteiger partial charge < -0.3 is 0 Å². The maximum absolute atomic E-state index is 13.0. The third-order valence-corrected chi connectivity index (χ3v) is 4.46. The predicted molar refractivity (Wildman–Crippen MR) is 81.3 cm³/mol. The molecule has 0 aliphatic rings. The van der Waals surface area contributed by atoms with Crippen molar-refractivity contribution in [1.29, 1.82) is 0 Å². The normalized spacial score (nSPS) is 10.9. The van der Waals surface area contributed by atoms with Crippen LogP contribution < -0.4 is 0 Å². The average Bonchev–Trinajstić information content (AvgIpc) is 2.86. The minimum Gasteiger partial charge on any atom is -0.294 e. The highest BCUT2D eigenvalue weighted by Crippen LogP contribution is 2.27. The van der Waals surface area contributed by atoms with E-state index in [0.717, 1.165) is 10.1 Å². The molecule has 0 bridgehead atoms. The Kier molecular flexibility index (Phi) is 3.55. The number of rotatable bonds is 3. The highest BCUT2D eigenvalue weighted by Gasteiger charge is 2.14. The van der Waals surface area contributed by atoms with Gasteiger partial charge in [0.15, 0.2) is 5.78 Å². The summed E-state index contributed by atoms with van der Waals surface area (Å²) in [6.45, 7) is 0. The van der Waals surface area contributed by atoms with Gasteiger partial charge in [0.25, 0.3) is 0 Å². The van der Waals surface area contributed by atoms with E-state index in [1.54, 1.807) is 17.4 Å². The van der Waals surface area contributed by atoms with E-state index < -0.39 is 5.82 Å². The van der Waals surface area contributed by atoms with Gasteiger partial charge in [0.1, 0.15) is 5.82 Å². The molecule has 0 saturated carbocycles. The van der Waals surface area contributed by atoms with Crippen LogP contribution in [0, 0.1) is 5.82 Å². The topological polar surface area (TPSA) is 17.1 Å². The van der Waals surface area contributed by atoms with E-state index in [-0.39, 0.29) is 17.2 Å². The van der Waals surface area contributed by atoms with E-state index in [2.05, 4.69) is 0 Å². The highest BCUT2D eigenvalue weighted by molar-refractivity contribution is 7.17. The van der Waals surface area contributed by atoms with Crippen LogP contribution in [0.5, 0.6) is 0 Å². The number of thiophene rings is 1. The summed E-state index contributed by atoms with van der Waals surface area (Å²) in [5.74, 6) is -0.400. The standard InChI is InChI=1S/C16H10ClFOS/c17-14-8-11(18)6-5-10(14)7-15(19)13-9-20-16-4-2-1-3-12(13)16/h1-6,8-9H,7H2. The van der Waals surface area contributed by atoms with Gasteiger partial charge >= 0.3 is 0 Å². The summed E-state index contributed by atoms with van der Waals surface area (Å²) in [4.78, 5) is 12.4. The Hall–Kier alpha value is -1.71. The molecule has 0 radical (unpaired) electrons. The summed E-state index contributed by atoms with van der Waals surface area (Å²) in [7, 11) is 0. The van der Waals surface area contributed by atoms with Crippen molar-refractivity contribution in [1.82, 2.24) is 0 Å². The van der Waals surface area contributed by atoms with Crippen molar-refractivity contribution in [3.63, 3.8) is 0 Å². The van der Waals surface area contributed by atoms with Gasteiger partial charge in [0.2, 0.25) is 0 Å². The maximum atomic E-state index is 13.0. The molecule has 0 atom stereocenters. The van der Waals surface area contributed by atoms with E-state index in [9.17, 15) is 9.18 Å². The fraction of sp³-hybridized carbons (Fsp3) is 0.0625. The quantitative estimate of drug-likeness (QED) is 0.614. The minimum absolute atomic E-state index is 0.00374. The molecule has 0 N–H and O–H groups in total. The van der Waals surface area contributed by atoms with Gasteiger partial charge in [-0.25, -0.2) is 4.39 Å². The summed E-state index contributed by atoms with van der Waals surface area (Å²) in [5, 5.41) is 3.11. The van der Waals surface area contributed by atoms with E-state index in [0.29, 0.717) is 11.1 Å². The Bertz CT molecular complexity index is 794. The molecule has 100 valence electrons. The lowest BCUT2D eigenvalue weighted by molar-refractivity contribution is 0.0995. The van der Waals surface area contributed by atoms with E-state index in [1.165, 1.54) is 12.1 Å². The number of carbonyl (C=O) groups is 1. The molecule has 2 aromatic carbocycles. The Morgan fingerprint density at radius 2 is 2.00 bits per heavy atom. The monoisotopic (exact) mass is 304 g/mol. The van der Waals surface area contributed by atoms with E-state index in [4.69, 9.17) is 11.6 Å². The lowest BCUT2D eigenvalue weighted by atomic mass is 10.0. The number of hydrogen-bond donors (Lipinski definition) is 0. The summed E-state index contributed by atoms with van der Waals surface area (Å²) in [6, 6.07) is 11.9. The molecule has 1 heterocycles. The molecular formula is C16H10ClFOS. The first-order valence-corrected chi connectivity index (χ1v) is 7.34. The van der Waals surface area contributed by atoms with Gasteiger partial charge in [0.05, 0.1) is 0 Å². The van der Waals surface area contributed by atoms with E-state index >= 15 is 0 Å². The van der Waals surface area contributed by atoms with Crippen LogP contribution >= 0.6 is 22.9 Å². The fourth-order valence-corrected chi connectivity index (χ4v) is 3.33. The summed E-state index contributed by atoms with van der Waals surface area (Å²) in [6.07, 6.45) is 0.180. The summed E-state index contributed by atoms with van der Waals surface area (Å²) >= 11 is 7.51. The van der Waals surface area contributed by atoms with Crippen LogP contribution in [-0.4, -0.2) is 5.78 Å². The van der Waals surface area contributed by atoms with Crippen LogP contribution in [0.25, 0.3) is 10.1 Å². The maximum Gasteiger partial charge on any atom is 0.168 e. The Balaban J connectivity index is 1.93. The van der Waals surface area contributed by atoms with Crippen molar-refractivity contribution < 1.29 is 9.18 Å². The zero-order chi connectivity index (χ0) is 14.1. The SMILES string of the molecule is O=C(Cc1ccc(F)cc1Cl)c1csc2ccccc12. The molecule has 0 saturated heterocycles. The molecular weight excluding hydrogens is 295 g/mol. The van der Waals surface area contributed by atoms with Gasteiger partial charge in [0, 0.05) is 32.5 Å². The van der Waals surface area contributed by atoms with Crippen LogP contribution in [0.3, 0.4) is 0 Å². The molecule has 3 rings (SSSR count). The molecule has 0 fully saturated rings. The number of carbonyl (C=O) groups excluding carboxylic acids is 1. The van der Waals surface area contributed by atoms with Gasteiger partial charge in [-0.1, -0.05) is 35.9 Å². The molecule has 0 aliphatic carbocycles. The first-order chi connectivity index (χ1) is 9.65. The fourth-order valence-electron chi connectivity index (χ4n) is 2.13. The predicted octanol–water partition coefficient (Wildman–Crippen LogP) is 5.12. The van der Waals surface area contributed by atoms with Crippen LogP contribution in [-0.2, 0) is 6.42 Å². The molecule has 1 aromatic heterocycles. The van der Waals surface area contributed by atoms with Crippen molar-refractivity contribution in [3.05, 3.63) is 69.8 Å². The van der Waals surface area contributed by atoms with Crippen LogP contribution in [0.4, 0.5) is 4.39 Å². The Morgan fingerprint density at radius 1 is 1.20 bits per heavy atom. The highest BCUT2D eigenvalue weighted by atomic mass is 35.5. The Labute approximate surface area is 124 Å². The van der Waals surface area contributed by atoms with Crippen LogP contribution in [0.2, 0.25) is 5.02 Å². The third kappa shape index (κ3) is 2.47. The third-order valence-electron chi connectivity index (χ3n) is 3.15. The average molecular weight is 305 g/mol. The number of fused-ring (bicyclic) bond motifs is 1. The van der Waals surface area contributed by atoms with Gasteiger partial charge in [-0.2, -0.15) is 0 Å². The first-order valence-electron chi connectivity index (χ1n) is 6.08. The van der Waals surface area contributed by atoms with Crippen molar-refractivity contribution in [2.75, 3.05) is 0 Å². The molecule has 0 spiro atoms. The summed E-state index contributed by atoms with van der Waals surface area (Å²) in [5.41, 5.74) is 1.35. The smallest absolute Gasteiger partial charge is 0.168 e.